The van der Waals surface area contributed by atoms with Crippen molar-refractivity contribution in [1.82, 2.24) is 0 Å². The second-order valence-electron chi connectivity index (χ2n) is 3.09. The molecule has 0 bridgehead atoms. The summed E-state index contributed by atoms with van der Waals surface area (Å²) in [4.78, 5) is 11.2. The fourth-order valence-electron chi connectivity index (χ4n) is 1.14. The molecule has 0 aliphatic rings. The predicted molar refractivity (Wildman–Crippen MR) is 60.3 cm³/mol. The second kappa shape index (κ2) is 5.85. The predicted octanol–water partition coefficient (Wildman–Crippen LogP) is 3.19. The molecular formula is C11H12BrFO2. The van der Waals surface area contributed by atoms with Crippen molar-refractivity contribution < 1.29 is 13.9 Å². The third-order valence-electron chi connectivity index (χ3n) is 1.86. The van der Waals surface area contributed by atoms with Crippen LogP contribution in [0.15, 0.2) is 18.2 Å². The van der Waals surface area contributed by atoms with Gasteiger partial charge in [-0.15, -0.1) is 0 Å². The molecule has 0 aliphatic heterocycles. The summed E-state index contributed by atoms with van der Waals surface area (Å²) in [5.41, 5.74) is 0.296. The molecule has 1 aromatic rings. The zero-order valence-electron chi connectivity index (χ0n) is 8.43. The number of carbonyl (C=O) groups excluding carboxylic acids is 1. The fourth-order valence-corrected chi connectivity index (χ4v) is 1.37. The first kappa shape index (κ1) is 12.2. The third-order valence-corrected chi connectivity index (χ3v) is 2.42. The number of ether oxygens (including phenoxy) is 1. The fraction of sp³-hybridized carbons (Fsp3) is 0.364. The Bertz CT molecular complexity index is 352. The van der Waals surface area contributed by atoms with Crippen LogP contribution in [-0.4, -0.2) is 17.7 Å². The SMILES string of the molecule is CC(=O)c1cc(F)ccc1OCCCBr. The van der Waals surface area contributed by atoms with E-state index in [9.17, 15) is 9.18 Å². The summed E-state index contributed by atoms with van der Waals surface area (Å²) in [7, 11) is 0. The molecule has 0 aliphatic carbocycles. The normalized spacial score (nSPS) is 10.1. The summed E-state index contributed by atoms with van der Waals surface area (Å²) in [6.45, 7) is 1.91. The summed E-state index contributed by atoms with van der Waals surface area (Å²) in [5.74, 6) is -0.166. The Morgan fingerprint density at radius 3 is 2.87 bits per heavy atom. The van der Waals surface area contributed by atoms with Gasteiger partial charge in [-0.25, -0.2) is 4.39 Å². The Hall–Kier alpha value is -0.900. The summed E-state index contributed by atoms with van der Waals surface area (Å²) in [5, 5.41) is 0.837. The van der Waals surface area contributed by atoms with Crippen LogP contribution < -0.4 is 4.74 Å². The molecule has 1 aromatic carbocycles. The van der Waals surface area contributed by atoms with Gasteiger partial charge in [-0.1, -0.05) is 15.9 Å². The first-order chi connectivity index (χ1) is 7.15. The zero-order chi connectivity index (χ0) is 11.3. The molecule has 4 heteroatoms. The standard InChI is InChI=1S/C11H12BrFO2/c1-8(14)10-7-9(13)3-4-11(10)15-6-2-5-12/h3-4,7H,2,5-6H2,1H3. The number of hydrogen-bond donors (Lipinski definition) is 0. The summed E-state index contributed by atoms with van der Waals surface area (Å²) >= 11 is 3.28. The third kappa shape index (κ3) is 3.63. The number of halogens is 2. The van der Waals surface area contributed by atoms with Gasteiger partial charge in [0.15, 0.2) is 5.78 Å². The summed E-state index contributed by atoms with van der Waals surface area (Å²) < 4.78 is 18.3. The molecule has 82 valence electrons. The van der Waals surface area contributed by atoms with E-state index in [-0.39, 0.29) is 5.78 Å². The van der Waals surface area contributed by atoms with Crippen molar-refractivity contribution in [1.29, 1.82) is 0 Å². The number of carbonyl (C=O) groups is 1. The Labute approximate surface area is 96.6 Å². The Kier molecular flexibility index (Phi) is 4.75. The Morgan fingerprint density at radius 1 is 1.53 bits per heavy atom. The van der Waals surface area contributed by atoms with Gasteiger partial charge in [-0.3, -0.25) is 4.79 Å². The smallest absolute Gasteiger partial charge is 0.163 e. The lowest BCUT2D eigenvalue weighted by atomic mass is 10.1. The minimum absolute atomic E-state index is 0.191. The van der Waals surface area contributed by atoms with Crippen molar-refractivity contribution in [2.24, 2.45) is 0 Å². The number of rotatable bonds is 5. The number of hydrogen-bond acceptors (Lipinski definition) is 2. The monoisotopic (exact) mass is 274 g/mol. The van der Waals surface area contributed by atoms with E-state index in [0.717, 1.165) is 11.8 Å². The minimum atomic E-state index is -0.423. The van der Waals surface area contributed by atoms with Crippen molar-refractivity contribution in [3.63, 3.8) is 0 Å². The van der Waals surface area contributed by atoms with Crippen molar-refractivity contribution in [3.05, 3.63) is 29.6 Å². The van der Waals surface area contributed by atoms with E-state index < -0.39 is 5.82 Å². The zero-order valence-corrected chi connectivity index (χ0v) is 10.0. The van der Waals surface area contributed by atoms with Crippen LogP contribution >= 0.6 is 15.9 Å². The highest BCUT2D eigenvalue weighted by atomic mass is 79.9. The van der Waals surface area contributed by atoms with Crippen molar-refractivity contribution in [2.45, 2.75) is 13.3 Å². The maximum absolute atomic E-state index is 12.9. The van der Waals surface area contributed by atoms with Crippen LogP contribution in [0.5, 0.6) is 5.75 Å². The maximum Gasteiger partial charge on any atom is 0.163 e. The Morgan fingerprint density at radius 2 is 2.27 bits per heavy atom. The second-order valence-corrected chi connectivity index (χ2v) is 3.88. The van der Waals surface area contributed by atoms with Gasteiger partial charge < -0.3 is 4.74 Å². The molecule has 0 radical (unpaired) electrons. The van der Waals surface area contributed by atoms with E-state index in [4.69, 9.17) is 4.74 Å². The lowest BCUT2D eigenvalue weighted by Gasteiger charge is -2.08. The van der Waals surface area contributed by atoms with E-state index in [1.54, 1.807) is 0 Å². The number of alkyl halides is 1. The van der Waals surface area contributed by atoms with Crippen molar-refractivity contribution in [2.75, 3.05) is 11.9 Å². The lowest BCUT2D eigenvalue weighted by molar-refractivity contribution is 0.101. The quantitative estimate of drug-likeness (QED) is 0.468. The van der Waals surface area contributed by atoms with E-state index in [2.05, 4.69) is 15.9 Å². The minimum Gasteiger partial charge on any atom is -0.493 e. The van der Waals surface area contributed by atoms with Crippen LogP contribution in [0.25, 0.3) is 0 Å². The topological polar surface area (TPSA) is 26.3 Å². The van der Waals surface area contributed by atoms with Gasteiger partial charge in [0.25, 0.3) is 0 Å². The maximum atomic E-state index is 12.9. The molecule has 2 nitrogen and oxygen atoms in total. The summed E-state index contributed by atoms with van der Waals surface area (Å²) in [6, 6.07) is 3.97. The molecular weight excluding hydrogens is 263 g/mol. The first-order valence-corrected chi connectivity index (χ1v) is 5.76. The average Bonchev–Trinajstić information content (AvgIpc) is 2.20. The van der Waals surface area contributed by atoms with Crippen molar-refractivity contribution in [3.8, 4) is 5.75 Å². The van der Waals surface area contributed by atoms with Gasteiger partial charge in [-0.2, -0.15) is 0 Å². The van der Waals surface area contributed by atoms with E-state index in [1.807, 2.05) is 0 Å². The van der Waals surface area contributed by atoms with Gasteiger partial charge in [-0.05, 0) is 31.5 Å². The first-order valence-electron chi connectivity index (χ1n) is 4.64. The molecule has 0 spiro atoms. The van der Waals surface area contributed by atoms with Crippen LogP contribution in [0.1, 0.15) is 23.7 Å². The molecule has 0 unspecified atom stereocenters. The van der Waals surface area contributed by atoms with Gasteiger partial charge >= 0.3 is 0 Å². The molecule has 0 N–H and O–H groups in total. The molecule has 1 rings (SSSR count). The number of benzene rings is 1. The van der Waals surface area contributed by atoms with E-state index >= 15 is 0 Å². The van der Waals surface area contributed by atoms with Gasteiger partial charge in [0.1, 0.15) is 11.6 Å². The van der Waals surface area contributed by atoms with E-state index in [0.29, 0.717) is 17.9 Å². The number of Topliss-reactive ketones (excluding diaryl/α,β-unsaturated/α-hetero) is 1. The molecule has 0 saturated heterocycles. The highest BCUT2D eigenvalue weighted by molar-refractivity contribution is 9.09. The van der Waals surface area contributed by atoms with Gasteiger partial charge in [0.05, 0.1) is 12.2 Å². The highest BCUT2D eigenvalue weighted by Gasteiger charge is 2.09. The largest absolute Gasteiger partial charge is 0.493 e. The summed E-state index contributed by atoms with van der Waals surface area (Å²) in [6.07, 6.45) is 0.842. The highest BCUT2D eigenvalue weighted by Crippen LogP contribution is 2.20. The molecule has 0 atom stereocenters. The average molecular weight is 275 g/mol. The van der Waals surface area contributed by atoms with Crippen LogP contribution in [0.4, 0.5) is 4.39 Å². The van der Waals surface area contributed by atoms with Crippen LogP contribution in [-0.2, 0) is 0 Å². The molecule has 0 saturated carbocycles. The van der Waals surface area contributed by atoms with Gasteiger partial charge in [0, 0.05) is 5.33 Å². The van der Waals surface area contributed by atoms with Crippen LogP contribution in [0.3, 0.4) is 0 Å². The van der Waals surface area contributed by atoms with Crippen molar-refractivity contribution >= 4 is 21.7 Å². The molecule has 0 heterocycles. The molecule has 0 fully saturated rings. The van der Waals surface area contributed by atoms with E-state index in [1.165, 1.54) is 25.1 Å². The number of ketones is 1. The molecule has 0 amide bonds. The van der Waals surface area contributed by atoms with Crippen LogP contribution in [0, 0.1) is 5.82 Å². The molecule has 0 aromatic heterocycles. The molecule has 15 heavy (non-hydrogen) atoms. The lowest BCUT2D eigenvalue weighted by Crippen LogP contribution is -2.03. The van der Waals surface area contributed by atoms with Crippen LogP contribution in [0.2, 0.25) is 0 Å². The Balaban J connectivity index is 2.81. The van der Waals surface area contributed by atoms with Gasteiger partial charge in [0.2, 0.25) is 0 Å².